The van der Waals surface area contributed by atoms with Crippen molar-refractivity contribution < 1.29 is 22.4 Å². The van der Waals surface area contributed by atoms with E-state index < -0.39 is 36.6 Å². The van der Waals surface area contributed by atoms with Gasteiger partial charge in [-0.15, -0.1) is 0 Å². The number of rotatable bonds is 4. The molecule has 0 aliphatic carbocycles. The molecular weight excluding hydrogens is 146 g/mol. The molecule has 0 bridgehead atoms. The van der Waals surface area contributed by atoms with Crippen LogP contribution in [0.15, 0.2) is 4.99 Å². The topological polar surface area (TPSA) is 87.7 Å². The molecular formula is C6H11N3O2. The molecule has 11 heavy (non-hydrogen) atoms. The highest BCUT2D eigenvalue weighted by Gasteiger charge is 2.19. The molecule has 1 heterocycles. The van der Waals surface area contributed by atoms with E-state index in [9.17, 15) is 4.79 Å². The van der Waals surface area contributed by atoms with E-state index in [1.54, 1.807) is 0 Å². The van der Waals surface area contributed by atoms with Crippen LogP contribution in [0.4, 0.5) is 0 Å². The smallest absolute Gasteiger partial charge is 0.320 e. The molecule has 1 aliphatic heterocycles. The highest BCUT2D eigenvalue weighted by Crippen LogP contribution is 2.02. The second kappa shape index (κ2) is 3.34. The average molecular weight is 166 g/mol. The van der Waals surface area contributed by atoms with E-state index in [-0.39, 0.29) is 5.31 Å². The number of carbonyl (C=O) groups is 1. The summed E-state index contributed by atoms with van der Waals surface area (Å²) in [6.07, 6.45) is -3.14. The van der Waals surface area contributed by atoms with E-state index in [0.29, 0.717) is 6.34 Å². The maximum Gasteiger partial charge on any atom is 0.320 e. The van der Waals surface area contributed by atoms with Crippen molar-refractivity contribution in [1.82, 2.24) is 5.31 Å². The van der Waals surface area contributed by atoms with E-state index in [1.165, 1.54) is 0 Å². The molecule has 1 aliphatic rings. The molecule has 1 rings (SSSR count). The second-order valence-electron chi connectivity index (χ2n) is 1.61. The minimum Gasteiger partial charge on any atom is -0.480 e. The van der Waals surface area contributed by atoms with Gasteiger partial charge < -0.3 is 16.1 Å². The number of nitrogens with one attached hydrogen (secondary N) is 1. The van der Waals surface area contributed by atoms with Crippen molar-refractivity contribution in [2.24, 2.45) is 10.7 Å². The molecule has 62 valence electrons. The molecule has 5 heteroatoms. The summed E-state index contributed by atoms with van der Waals surface area (Å²) < 4.78 is 66.6. The van der Waals surface area contributed by atoms with E-state index in [4.69, 9.17) is 17.6 Å². The summed E-state index contributed by atoms with van der Waals surface area (Å²) in [6, 6.07) is -6.84. The van der Waals surface area contributed by atoms with Crippen LogP contribution in [0.5, 0.6) is 0 Å². The first-order valence-electron chi connectivity index (χ1n) is 6.96. The highest BCUT2D eigenvalue weighted by atomic mass is 16.4. The van der Waals surface area contributed by atoms with Gasteiger partial charge in [0.1, 0.15) is 8.84 Å². The molecule has 1 unspecified atom stereocenters. The zero-order valence-electron chi connectivity index (χ0n) is 14.3. The zero-order valence-corrected chi connectivity index (χ0v) is 5.27. The maximum absolute atomic E-state index is 11.1. The molecule has 0 aromatic rings. The normalized spacial score (nSPS) is 53.2. The third-order valence-electron chi connectivity index (χ3n) is 0.854. The second-order valence-corrected chi connectivity index (χ2v) is 1.61. The Kier molecular flexibility index (Phi) is 0.666. The van der Waals surface area contributed by atoms with Crippen LogP contribution in [0.2, 0.25) is 4.24 Å². The minimum absolute atomic E-state index is 0.0122. The van der Waals surface area contributed by atoms with Crippen LogP contribution in [0.3, 0.4) is 0 Å². The Balaban J connectivity index is 3.50. The van der Waals surface area contributed by atoms with Crippen LogP contribution in [-0.2, 0) is 4.79 Å². The molecule has 4 N–H and O–H groups in total. The van der Waals surface area contributed by atoms with Gasteiger partial charge in [-0.25, -0.2) is 0 Å². The molecule has 0 saturated heterocycles. The Morgan fingerprint density at radius 3 is 3.91 bits per heavy atom. The Hall–Kier alpha value is -1.10. The van der Waals surface area contributed by atoms with Crippen molar-refractivity contribution in [3.05, 3.63) is 0 Å². The van der Waals surface area contributed by atoms with E-state index in [1.807, 2.05) is 0 Å². The van der Waals surface area contributed by atoms with Crippen LogP contribution >= 0.6 is 0 Å². The summed E-state index contributed by atoms with van der Waals surface area (Å²) in [5, 5.41) is 8.93. The fourth-order valence-corrected chi connectivity index (χ4v) is 0.431. The zero-order chi connectivity index (χ0) is 16.1. The summed E-state index contributed by atoms with van der Waals surface area (Å²) in [4.78, 5) is 14.2. The van der Waals surface area contributed by atoms with Crippen molar-refractivity contribution in [3.8, 4) is 0 Å². The number of hydrogen-bond acceptors (Lipinski definition) is 4. The predicted octanol–water partition coefficient (Wildman–Crippen LogP) is -1.21. The number of hydrogen-bond donors (Lipinski definition) is 3. The fourth-order valence-electron chi connectivity index (χ4n) is 0.431. The van der Waals surface area contributed by atoms with Crippen LogP contribution in [-0.4, -0.2) is 35.9 Å². The molecule has 0 aromatic carbocycles. The van der Waals surface area contributed by atoms with Crippen molar-refractivity contribution in [2.45, 2.75) is 18.4 Å². The number of aliphatic imine (C=N–C) groups is 1. The van der Waals surface area contributed by atoms with Gasteiger partial charge in [-0.2, -0.15) is 0 Å². The Labute approximate surface area is 77.1 Å². The first-order valence-corrected chi connectivity index (χ1v) is 2.61. The van der Waals surface area contributed by atoms with Crippen LogP contribution in [0, 0.1) is 0 Å². The average Bonchev–Trinajstić information content (AvgIpc) is 2.52. The number of nitrogens with two attached hydrogens (primary N) is 1. The lowest BCUT2D eigenvalue weighted by Gasteiger charge is -2.08. The SMILES string of the molecule is [2H]N1C=NC([2H])(C([2H])([2H])[C@@]([2H])(C(=O)O)N([2H])[2H])C1([2H])[2H]. The van der Waals surface area contributed by atoms with Crippen molar-refractivity contribution >= 4 is 12.3 Å². The standard InChI is InChI=1S/C6H11N3O2/c7-5(6(10)11)1-4-2-8-3-9-4/h3-5H,1-2,7H2,(H,8,9)(H,10,11)/t4?,5-/m0/s1/i1D2,2D2,4D,5D/hD3. The van der Waals surface area contributed by atoms with Crippen molar-refractivity contribution in [2.75, 3.05) is 6.50 Å². The van der Waals surface area contributed by atoms with Gasteiger partial charge in [0.25, 0.3) is 0 Å². The van der Waals surface area contributed by atoms with Gasteiger partial charge in [0.2, 0.25) is 0 Å². The molecule has 5 nitrogen and oxygen atoms in total. The van der Waals surface area contributed by atoms with Crippen LogP contribution in [0.25, 0.3) is 0 Å². The van der Waals surface area contributed by atoms with Crippen molar-refractivity contribution in [3.63, 3.8) is 0 Å². The molecule has 0 spiro atoms. The molecule has 0 amide bonds. The van der Waals surface area contributed by atoms with Crippen molar-refractivity contribution in [1.29, 1.82) is 0 Å². The van der Waals surface area contributed by atoms with Gasteiger partial charge in [0, 0.05) is 9.24 Å². The van der Waals surface area contributed by atoms with Crippen LogP contribution < -0.4 is 11.0 Å². The summed E-state index contributed by atoms with van der Waals surface area (Å²) in [5.41, 5.74) is -0.774. The lowest BCUT2D eigenvalue weighted by atomic mass is 10.1. The highest BCUT2D eigenvalue weighted by molar-refractivity contribution is 5.73. The van der Waals surface area contributed by atoms with Gasteiger partial charge >= 0.3 is 5.97 Å². The Morgan fingerprint density at radius 2 is 3.45 bits per heavy atom. The molecule has 0 radical (unpaired) electrons. The third kappa shape index (κ3) is 2.19. The monoisotopic (exact) mass is 166 g/mol. The van der Waals surface area contributed by atoms with Gasteiger partial charge in [0.15, 0.2) is 1.41 Å². The van der Waals surface area contributed by atoms with Gasteiger partial charge in [-0.3, -0.25) is 9.79 Å². The first kappa shape index (κ1) is 2.20. The molecule has 0 saturated carbocycles. The summed E-state index contributed by atoms with van der Waals surface area (Å²) >= 11 is 0. The van der Waals surface area contributed by atoms with Gasteiger partial charge in [0.05, 0.1) is 17.8 Å². The van der Waals surface area contributed by atoms with Gasteiger partial charge in [-0.1, -0.05) is 0 Å². The molecule has 2 atom stereocenters. The number of nitrogens with zero attached hydrogens (tertiary/aromatic N) is 1. The molecule has 0 fully saturated rings. The summed E-state index contributed by atoms with van der Waals surface area (Å²) in [7, 11) is 0. The number of carboxylic acid groups (broad SMARTS) is 1. The lowest BCUT2D eigenvalue weighted by molar-refractivity contribution is -0.138. The Morgan fingerprint density at radius 1 is 2.64 bits per heavy atom. The summed E-state index contributed by atoms with van der Waals surface area (Å²) in [5.74, 6) is -2.26. The lowest BCUT2D eigenvalue weighted by Crippen LogP contribution is -2.34. The maximum atomic E-state index is 11.1. The first-order chi connectivity index (χ1) is 8.76. The number of carboxylic acids is 1. The number of aliphatic carboxylic acids is 1. The quantitative estimate of drug-likeness (QED) is 0.489. The Bertz CT molecular complexity index is 457. The third-order valence-corrected chi connectivity index (χ3v) is 0.854. The minimum atomic E-state index is -3.62. The van der Waals surface area contributed by atoms with E-state index in [2.05, 4.69) is 4.99 Å². The summed E-state index contributed by atoms with van der Waals surface area (Å²) in [6.45, 7) is -3.09. The van der Waals surface area contributed by atoms with E-state index >= 15 is 0 Å². The van der Waals surface area contributed by atoms with Gasteiger partial charge in [-0.05, 0) is 6.37 Å². The fraction of sp³-hybridized carbons (Fsp3) is 0.667. The predicted molar refractivity (Wildman–Crippen MR) is 40.5 cm³/mol. The van der Waals surface area contributed by atoms with E-state index in [0.717, 1.165) is 0 Å². The molecule has 0 aromatic heterocycles. The van der Waals surface area contributed by atoms with Crippen LogP contribution in [0.1, 0.15) is 14.6 Å². The largest absolute Gasteiger partial charge is 0.480 e.